The molecule has 0 aromatic carbocycles. The largest absolute Gasteiger partial charge is 0.369 e. The third-order valence-electron chi connectivity index (χ3n) is 3.29. The Morgan fingerprint density at radius 1 is 1.59 bits per heavy atom. The SMILES string of the molecule is C[C@H]1CC[C@@H](C(N)=O)CN1c1cc(Br)ccn1. The van der Waals surface area contributed by atoms with Crippen molar-refractivity contribution in [3.8, 4) is 0 Å². The number of primary amides is 1. The van der Waals surface area contributed by atoms with Gasteiger partial charge in [-0.1, -0.05) is 15.9 Å². The lowest BCUT2D eigenvalue weighted by Gasteiger charge is -2.37. The highest BCUT2D eigenvalue weighted by Gasteiger charge is 2.29. The summed E-state index contributed by atoms with van der Waals surface area (Å²) in [6.45, 7) is 2.82. The van der Waals surface area contributed by atoms with Gasteiger partial charge in [0.15, 0.2) is 0 Å². The Morgan fingerprint density at radius 2 is 2.35 bits per heavy atom. The molecule has 0 bridgehead atoms. The lowest BCUT2D eigenvalue weighted by atomic mass is 9.93. The number of halogens is 1. The predicted octanol–water partition coefficient (Wildman–Crippen LogP) is 1.93. The van der Waals surface area contributed by atoms with Gasteiger partial charge in [0.2, 0.25) is 5.91 Å². The summed E-state index contributed by atoms with van der Waals surface area (Å²) in [5.74, 6) is 0.627. The van der Waals surface area contributed by atoms with Gasteiger partial charge in [-0.2, -0.15) is 0 Å². The molecule has 4 nitrogen and oxygen atoms in total. The number of nitrogens with zero attached hydrogens (tertiary/aromatic N) is 2. The van der Waals surface area contributed by atoms with E-state index < -0.39 is 0 Å². The smallest absolute Gasteiger partial charge is 0.222 e. The van der Waals surface area contributed by atoms with Crippen molar-refractivity contribution in [2.75, 3.05) is 11.4 Å². The number of pyridine rings is 1. The number of anilines is 1. The first-order valence-corrected chi connectivity index (χ1v) is 6.54. The average molecular weight is 298 g/mol. The standard InChI is InChI=1S/C12H16BrN3O/c1-8-2-3-9(12(14)17)7-16(8)11-6-10(13)4-5-15-11/h4-6,8-9H,2-3,7H2,1H3,(H2,14,17)/t8-,9+/m0/s1. The summed E-state index contributed by atoms with van der Waals surface area (Å²) in [5.41, 5.74) is 5.39. The van der Waals surface area contributed by atoms with Crippen LogP contribution in [0.4, 0.5) is 5.82 Å². The van der Waals surface area contributed by atoms with E-state index in [9.17, 15) is 4.79 Å². The maximum atomic E-state index is 11.3. The van der Waals surface area contributed by atoms with Crippen LogP contribution in [0.25, 0.3) is 0 Å². The molecule has 2 N–H and O–H groups in total. The van der Waals surface area contributed by atoms with Gasteiger partial charge in [0.1, 0.15) is 5.82 Å². The zero-order valence-corrected chi connectivity index (χ0v) is 11.4. The van der Waals surface area contributed by atoms with Crippen LogP contribution in [0.5, 0.6) is 0 Å². The van der Waals surface area contributed by atoms with E-state index in [4.69, 9.17) is 5.73 Å². The van der Waals surface area contributed by atoms with Crippen molar-refractivity contribution in [1.29, 1.82) is 0 Å². The first-order valence-electron chi connectivity index (χ1n) is 5.75. The molecule has 2 rings (SSSR count). The van der Waals surface area contributed by atoms with E-state index in [-0.39, 0.29) is 11.8 Å². The van der Waals surface area contributed by atoms with Gasteiger partial charge in [0.25, 0.3) is 0 Å². The quantitative estimate of drug-likeness (QED) is 0.907. The van der Waals surface area contributed by atoms with Gasteiger partial charge in [0.05, 0.1) is 5.92 Å². The van der Waals surface area contributed by atoms with Crippen LogP contribution >= 0.6 is 15.9 Å². The normalized spacial score (nSPS) is 24.7. The minimum atomic E-state index is -0.211. The molecule has 1 aromatic heterocycles. The number of carbonyl (C=O) groups is 1. The molecular formula is C12H16BrN3O. The molecule has 1 amide bonds. The lowest BCUT2D eigenvalue weighted by Crippen LogP contribution is -2.46. The van der Waals surface area contributed by atoms with Crippen molar-refractivity contribution in [3.63, 3.8) is 0 Å². The number of piperidine rings is 1. The molecule has 1 aliphatic rings. The minimum absolute atomic E-state index is 0.0630. The molecule has 0 spiro atoms. The van der Waals surface area contributed by atoms with Gasteiger partial charge in [0, 0.05) is 23.3 Å². The van der Waals surface area contributed by atoms with Crippen molar-refractivity contribution >= 4 is 27.7 Å². The maximum Gasteiger partial charge on any atom is 0.222 e. The molecule has 1 aliphatic heterocycles. The summed E-state index contributed by atoms with van der Waals surface area (Å²) in [6.07, 6.45) is 3.61. The van der Waals surface area contributed by atoms with Crippen LogP contribution in [-0.4, -0.2) is 23.5 Å². The number of aromatic nitrogens is 1. The molecule has 92 valence electrons. The Morgan fingerprint density at radius 3 is 3.00 bits per heavy atom. The van der Waals surface area contributed by atoms with Crippen LogP contribution in [0.2, 0.25) is 0 Å². The second-order valence-corrected chi connectivity index (χ2v) is 5.43. The first-order chi connectivity index (χ1) is 8.08. The van der Waals surface area contributed by atoms with E-state index in [2.05, 4.69) is 32.7 Å². The molecule has 17 heavy (non-hydrogen) atoms. The summed E-state index contributed by atoms with van der Waals surface area (Å²) >= 11 is 3.43. The van der Waals surface area contributed by atoms with Gasteiger partial charge in [-0.25, -0.2) is 4.98 Å². The van der Waals surface area contributed by atoms with Crippen LogP contribution < -0.4 is 10.6 Å². The summed E-state index contributed by atoms with van der Waals surface area (Å²) in [6, 6.07) is 4.26. The molecule has 0 saturated carbocycles. The van der Waals surface area contributed by atoms with E-state index in [0.29, 0.717) is 12.6 Å². The zero-order valence-electron chi connectivity index (χ0n) is 9.77. The van der Waals surface area contributed by atoms with Gasteiger partial charge in [-0.15, -0.1) is 0 Å². The second-order valence-electron chi connectivity index (χ2n) is 4.51. The topological polar surface area (TPSA) is 59.2 Å². The number of rotatable bonds is 2. The lowest BCUT2D eigenvalue weighted by molar-refractivity contribution is -0.122. The fourth-order valence-corrected chi connectivity index (χ4v) is 2.53. The second kappa shape index (κ2) is 5.04. The number of amides is 1. The zero-order chi connectivity index (χ0) is 12.4. The molecule has 2 heterocycles. The third kappa shape index (κ3) is 2.77. The van der Waals surface area contributed by atoms with Gasteiger partial charge in [-0.05, 0) is 31.9 Å². The summed E-state index contributed by atoms with van der Waals surface area (Å²) in [7, 11) is 0. The van der Waals surface area contributed by atoms with E-state index in [0.717, 1.165) is 23.1 Å². The van der Waals surface area contributed by atoms with E-state index in [1.165, 1.54) is 0 Å². The van der Waals surface area contributed by atoms with E-state index >= 15 is 0 Å². The Kier molecular flexibility index (Phi) is 3.66. The van der Waals surface area contributed by atoms with Gasteiger partial charge in [-0.3, -0.25) is 4.79 Å². The molecule has 1 fully saturated rings. The Hall–Kier alpha value is -1.10. The molecule has 1 aromatic rings. The Bertz CT molecular complexity index is 424. The molecule has 0 aliphatic carbocycles. The minimum Gasteiger partial charge on any atom is -0.369 e. The summed E-state index contributed by atoms with van der Waals surface area (Å²) in [4.78, 5) is 17.8. The van der Waals surface area contributed by atoms with Crippen LogP contribution in [0, 0.1) is 5.92 Å². The van der Waals surface area contributed by atoms with Crippen LogP contribution in [0.3, 0.4) is 0 Å². The maximum absolute atomic E-state index is 11.3. The molecule has 2 atom stereocenters. The number of hydrogen-bond donors (Lipinski definition) is 1. The average Bonchev–Trinajstić information content (AvgIpc) is 2.29. The fraction of sp³-hybridized carbons (Fsp3) is 0.500. The predicted molar refractivity (Wildman–Crippen MR) is 70.7 cm³/mol. The molecular weight excluding hydrogens is 282 g/mol. The van der Waals surface area contributed by atoms with E-state index in [1.54, 1.807) is 6.20 Å². The van der Waals surface area contributed by atoms with Crippen molar-refractivity contribution in [2.24, 2.45) is 11.7 Å². The molecule has 5 heteroatoms. The van der Waals surface area contributed by atoms with Crippen LogP contribution in [0.1, 0.15) is 19.8 Å². The molecule has 0 radical (unpaired) electrons. The van der Waals surface area contributed by atoms with Gasteiger partial charge < -0.3 is 10.6 Å². The Balaban J connectivity index is 2.20. The Labute approximate surface area is 109 Å². The first kappa shape index (κ1) is 12.4. The van der Waals surface area contributed by atoms with Gasteiger partial charge >= 0.3 is 0 Å². The number of carbonyl (C=O) groups excluding carboxylic acids is 1. The number of nitrogens with two attached hydrogens (primary N) is 1. The fourth-order valence-electron chi connectivity index (χ4n) is 2.21. The summed E-state index contributed by atoms with van der Waals surface area (Å²) in [5, 5.41) is 0. The van der Waals surface area contributed by atoms with Crippen molar-refractivity contribution in [2.45, 2.75) is 25.8 Å². The van der Waals surface area contributed by atoms with Crippen molar-refractivity contribution < 1.29 is 4.79 Å². The monoisotopic (exact) mass is 297 g/mol. The van der Waals surface area contributed by atoms with Crippen LogP contribution in [0.15, 0.2) is 22.8 Å². The highest BCUT2D eigenvalue weighted by molar-refractivity contribution is 9.10. The highest BCUT2D eigenvalue weighted by Crippen LogP contribution is 2.27. The van der Waals surface area contributed by atoms with E-state index in [1.807, 2.05) is 12.1 Å². The number of hydrogen-bond acceptors (Lipinski definition) is 3. The molecule has 1 saturated heterocycles. The van der Waals surface area contributed by atoms with Crippen molar-refractivity contribution in [1.82, 2.24) is 4.98 Å². The summed E-state index contributed by atoms with van der Waals surface area (Å²) < 4.78 is 0.996. The third-order valence-corrected chi connectivity index (χ3v) is 3.78. The van der Waals surface area contributed by atoms with Crippen LogP contribution in [-0.2, 0) is 4.79 Å². The molecule has 0 unspecified atom stereocenters. The van der Waals surface area contributed by atoms with Crippen molar-refractivity contribution in [3.05, 3.63) is 22.8 Å². The highest BCUT2D eigenvalue weighted by atomic mass is 79.9.